The smallest absolute Gasteiger partial charge is 0.544 e. The number of thiazole rings is 1. The van der Waals surface area contributed by atoms with Crippen molar-refractivity contribution in [3.8, 4) is 5.88 Å². The minimum Gasteiger partial charge on any atom is -0.544 e. The van der Waals surface area contributed by atoms with E-state index in [2.05, 4.69) is 4.98 Å². The van der Waals surface area contributed by atoms with Gasteiger partial charge in [-0.15, -0.1) is 11.3 Å². The number of carboxylic acid groups (broad SMARTS) is 1. The van der Waals surface area contributed by atoms with Gasteiger partial charge in [0.2, 0.25) is 5.88 Å². The summed E-state index contributed by atoms with van der Waals surface area (Å²) in [6.07, 6.45) is 3.71. The van der Waals surface area contributed by atoms with Crippen molar-refractivity contribution in [3.05, 3.63) is 9.88 Å². The van der Waals surface area contributed by atoms with Crippen LogP contribution in [0.15, 0.2) is 0 Å². The van der Waals surface area contributed by atoms with Gasteiger partial charge in [-0.1, -0.05) is 0 Å². The quantitative estimate of drug-likeness (QED) is 0.650. The number of amides is 1. The van der Waals surface area contributed by atoms with Gasteiger partial charge in [0.15, 0.2) is 0 Å². The third kappa shape index (κ3) is 4.79. The van der Waals surface area contributed by atoms with E-state index in [9.17, 15) is 14.7 Å². The van der Waals surface area contributed by atoms with Crippen LogP contribution in [-0.4, -0.2) is 45.7 Å². The molecule has 9 heteroatoms. The molecule has 0 bridgehead atoms. The molecule has 1 saturated heterocycles. The molecule has 0 radical (unpaired) electrons. The molecule has 1 saturated carbocycles. The molecule has 1 atom stereocenters. The largest absolute Gasteiger partial charge is 1.00 e. The van der Waals surface area contributed by atoms with Gasteiger partial charge < -0.3 is 24.3 Å². The van der Waals surface area contributed by atoms with E-state index in [0.29, 0.717) is 24.4 Å². The molecule has 1 spiro atoms. The van der Waals surface area contributed by atoms with Gasteiger partial charge in [-0.25, -0.2) is 9.78 Å². The number of likely N-dealkylation sites (tertiary alicyclic amines) is 1. The minimum atomic E-state index is -1.27. The molecular formula is C18H25LiN2O5S. The molecule has 3 rings (SSSR count). The SMILES string of the molecule is Cc1nc(OC2CCN(C(=O)OC(C)(C)C)C3(CCC3)C2)c(C(=O)[O-])s1.[Li+]. The van der Waals surface area contributed by atoms with Gasteiger partial charge in [0.25, 0.3) is 0 Å². The summed E-state index contributed by atoms with van der Waals surface area (Å²) in [6, 6.07) is 0. The Hall–Kier alpha value is -1.23. The molecule has 144 valence electrons. The first kappa shape index (κ1) is 22.1. The van der Waals surface area contributed by atoms with E-state index in [1.807, 2.05) is 25.7 Å². The minimum absolute atomic E-state index is 0. The Morgan fingerprint density at radius 3 is 2.52 bits per heavy atom. The maximum Gasteiger partial charge on any atom is 1.00 e. The fourth-order valence-electron chi connectivity index (χ4n) is 3.68. The van der Waals surface area contributed by atoms with Crippen LogP contribution in [0.25, 0.3) is 0 Å². The summed E-state index contributed by atoms with van der Waals surface area (Å²) in [7, 11) is 0. The molecule has 0 aromatic carbocycles. The van der Waals surface area contributed by atoms with Gasteiger partial charge in [0, 0.05) is 24.9 Å². The van der Waals surface area contributed by atoms with Crippen molar-refractivity contribution in [3.63, 3.8) is 0 Å². The number of aryl methyl sites for hydroxylation is 1. The van der Waals surface area contributed by atoms with Crippen LogP contribution in [0, 0.1) is 6.92 Å². The monoisotopic (exact) mass is 388 g/mol. The zero-order valence-corrected chi connectivity index (χ0v) is 17.5. The summed E-state index contributed by atoms with van der Waals surface area (Å²) in [5.74, 6) is -1.13. The standard InChI is InChI=1S/C18H26N2O5S.Li/c1-11-19-14(13(26-11)15(21)22)24-12-6-9-20(16(23)25-17(2,3)4)18(10-12)7-5-8-18;/h12H,5-10H2,1-4H3,(H,21,22);/q;+1/p-1. The van der Waals surface area contributed by atoms with E-state index >= 15 is 0 Å². The average Bonchev–Trinajstić information content (AvgIpc) is 2.84. The number of aromatic nitrogens is 1. The van der Waals surface area contributed by atoms with Crippen LogP contribution in [0.3, 0.4) is 0 Å². The van der Waals surface area contributed by atoms with Gasteiger partial charge in [0.1, 0.15) is 16.6 Å². The normalized spacial score (nSPS) is 21.2. The fourth-order valence-corrected chi connectivity index (χ4v) is 4.37. The Morgan fingerprint density at radius 1 is 1.33 bits per heavy atom. The number of carboxylic acids is 1. The second kappa shape index (κ2) is 8.02. The van der Waals surface area contributed by atoms with Crippen molar-refractivity contribution in [2.45, 2.75) is 77.0 Å². The van der Waals surface area contributed by atoms with Gasteiger partial charge in [-0.3, -0.25) is 0 Å². The Labute approximate surface area is 175 Å². The van der Waals surface area contributed by atoms with Crippen molar-refractivity contribution >= 4 is 23.4 Å². The molecule has 1 aliphatic carbocycles. The third-order valence-corrected chi connectivity index (χ3v) is 5.85. The van der Waals surface area contributed by atoms with Crippen molar-refractivity contribution in [1.29, 1.82) is 0 Å². The summed E-state index contributed by atoms with van der Waals surface area (Å²) < 4.78 is 11.5. The molecule has 7 nitrogen and oxygen atoms in total. The van der Waals surface area contributed by atoms with Crippen LogP contribution in [0.1, 0.15) is 67.6 Å². The number of rotatable bonds is 3. The number of hydrogen-bond donors (Lipinski definition) is 0. The van der Waals surface area contributed by atoms with Crippen LogP contribution in [0.5, 0.6) is 5.88 Å². The van der Waals surface area contributed by atoms with E-state index in [4.69, 9.17) is 9.47 Å². The summed E-state index contributed by atoms with van der Waals surface area (Å²) in [4.78, 5) is 29.9. The molecule has 0 N–H and O–H groups in total. The number of carbonyl (C=O) groups excluding carboxylic acids is 2. The Morgan fingerprint density at radius 2 is 2.00 bits per heavy atom. The molecule has 2 heterocycles. The first-order chi connectivity index (χ1) is 12.1. The van der Waals surface area contributed by atoms with Crippen molar-refractivity contribution < 1.29 is 43.0 Å². The molecule has 1 aromatic heterocycles. The van der Waals surface area contributed by atoms with Gasteiger partial charge >= 0.3 is 25.0 Å². The van der Waals surface area contributed by atoms with E-state index in [1.54, 1.807) is 6.92 Å². The number of carbonyl (C=O) groups is 2. The van der Waals surface area contributed by atoms with E-state index in [-0.39, 0.29) is 47.4 Å². The number of hydrogen-bond acceptors (Lipinski definition) is 7. The molecule has 1 aromatic rings. The molecular weight excluding hydrogens is 363 g/mol. The number of nitrogens with zero attached hydrogens (tertiary/aromatic N) is 2. The van der Waals surface area contributed by atoms with Crippen LogP contribution in [0.2, 0.25) is 0 Å². The fraction of sp³-hybridized carbons (Fsp3) is 0.722. The Balaban J connectivity index is 0.00000261. The summed E-state index contributed by atoms with van der Waals surface area (Å²) in [5.41, 5.74) is -0.783. The zero-order valence-electron chi connectivity index (χ0n) is 16.7. The summed E-state index contributed by atoms with van der Waals surface area (Å²) in [6.45, 7) is 7.85. The molecule has 1 amide bonds. The molecule has 1 unspecified atom stereocenters. The molecule has 2 fully saturated rings. The topological polar surface area (TPSA) is 91.8 Å². The number of piperidine rings is 1. The van der Waals surface area contributed by atoms with Crippen LogP contribution in [-0.2, 0) is 4.74 Å². The van der Waals surface area contributed by atoms with Crippen LogP contribution < -0.4 is 28.7 Å². The van der Waals surface area contributed by atoms with E-state index < -0.39 is 11.6 Å². The van der Waals surface area contributed by atoms with Crippen molar-refractivity contribution in [2.75, 3.05) is 6.54 Å². The second-order valence-corrected chi connectivity index (χ2v) is 9.30. The van der Waals surface area contributed by atoms with Crippen LogP contribution >= 0.6 is 11.3 Å². The average molecular weight is 388 g/mol. The summed E-state index contributed by atoms with van der Waals surface area (Å²) >= 11 is 1.06. The van der Waals surface area contributed by atoms with Gasteiger partial charge in [-0.2, -0.15) is 0 Å². The van der Waals surface area contributed by atoms with Gasteiger partial charge in [-0.05, 0) is 47.0 Å². The summed E-state index contributed by atoms with van der Waals surface area (Å²) in [5, 5.41) is 11.9. The van der Waals surface area contributed by atoms with Gasteiger partial charge in [0.05, 0.1) is 11.0 Å². The zero-order chi connectivity index (χ0) is 19.1. The maximum absolute atomic E-state index is 12.6. The first-order valence-corrected chi connectivity index (χ1v) is 9.77. The first-order valence-electron chi connectivity index (χ1n) is 8.96. The maximum atomic E-state index is 12.6. The second-order valence-electron chi connectivity index (χ2n) is 8.10. The van der Waals surface area contributed by atoms with E-state index in [1.165, 1.54) is 0 Å². The Bertz CT molecular complexity index is 711. The van der Waals surface area contributed by atoms with Crippen molar-refractivity contribution in [2.24, 2.45) is 0 Å². The molecule has 1 aliphatic heterocycles. The molecule has 27 heavy (non-hydrogen) atoms. The van der Waals surface area contributed by atoms with Crippen LogP contribution in [0.4, 0.5) is 4.79 Å². The van der Waals surface area contributed by atoms with E-state index in [0.717, 1.165) is 30.6 Å². The predicted molar refractivity (Wildman–Crippen MR) is 94.4 cm³/mol. The third-order valence-electron chi connectivity index (χ3n) is 4.92. The Kier molecular flexibility index (Phi) is 6.55. The number of aromatic carboxylic acids is 1. The van der Waals surface area contributed by atoms with Crippen molar-refractivity contribution in [1.82, 2.24) is 9.88 Å². The molecule has 2 aliphatic rings. The predicted octanol–water partition coefficient (Wildman–Crippen LogP) is -0.480. The number of ether oxygens (including phenoxy) is 2.